The van der Waals surface area contributed by atoms with Gasteiger partial charge in [-0.2, -0.15) is 0 Å². The number of carbonyl (C=O) groups excluding carboxylic acids is 2. The fourth-order valence-corrected chi connectivity index (χ4v) is 2.30. The molecule has 0 saturated heterocycles. The van der Waals surface area contributed by atoms with Gasteiger partial charge in [0.1, 0.15) is 10.5 Å². The summed E-state index contributed by atoms with van der Waals surface area (Å²) in [7, 11) is 0. The van der Waals surface area contributed by atoms with Crippen molar-refractivity contribution in [2.45, 2.75) is 26.4 Å². The van der Waals surface area contributed by atoms with Crippen LogP contribution in [0.2, 0.25) is 0 Å². The van der Waals surface area contributed by atoms with Crippen LogP contribution < -0.4 is 0 Å². The molecule has 0 unspecified atom stereocenters. The summed E-state index contributed by atoms with van der Waals surface area (Å²) in [5.41, 5.74) is -0.513. The summed E-state index contributed by atoms with van der Waals surface area (Å²) in [6.07, 6.45) is 0. The second-order valence-corrected chi connectivity index (χ2v) is 5.87. The van der Waals surface area contributed by atoms with Crippen LogP contribution in [0.4, 0.5) is 0 Å². The summed E-state index contributed by atoms with van der Waals surface area (Å²) in [5, 5.41) is 0.265. The molecular weight excluding hydrogens is 292 g/mol. The Morgan fingerprint density at radius 1 is 1.31 bits per heavy atom. The summed E-state index contributed by atoms with van der Waals surface area (Å²) < 4.78 is 5.20. The number of ketones is 1. The molecular formula is C11H13BrO3S. The van der Waals surface area contributed by atoms with Crippen molar-refractivity contribution in [3.8, 4) is 0 Å². The number of ether oxygens (including phenoxy) is 1. The van der Waals surface area contributed by atoms with Gasteiger partial charge in [-0.1, -0.05) is 15.9 Å². The zero-order valence-electron chi connectivity index (χ0n) is 9.37. The largest absolute Gasteiger partial charge is 0.456 e. The zero-order chi connectivity index (χ0) is 12.3. The van der Waals surface area contributed by atoms with Crippen LogP contribution in [-0.4, -0.2) is 22.7 Å². The van der Waals surface area contributed by atoms with Crippen molar-refractivity contribution in [1.82, 2.24) is 0 Å². The number of rotatable bonds is 3. The molecule has 0 aromatic carbocycles. The highest BCUT2D eigenvalue weighted by atomic mass is 79.9. The van der Waals surface area contributed by atoms with Crippen molar-refractivity contribution in [1.29, 1.82) is 0 Å². The minimum absolute atomic E-state index is 0.0280. The monoisotopic (exact) mass is 304 g/mol. The van der Waals surface area contributed by atoms with Crippen molar-refractivity contribution < 1.29 is 14.3 Å². The number of hydrogen-bond acceptors (Lipinski definition) is 4. The molecule has 1 aromatic heterocycles. The number of hydrogen-bond donors (Lipinski definition) is 0. The van der Waals surface area contributed by atoms with Crippen LogP contribution in [-0.2, 0) is 4.74 Å². The smallest absolute Gasteiger partial charge is 0.348 e. The van der Waals surface area contributed by atoms with Crippen LogP contribution in [0, 0.1) is 0 Å². The molecule has 0 amide bonds. The first kappa shape index (κ1) is 13.4. The predicted molar refractivity (Wildman–Crippen MR) is 67.6 cm³/mol. The predicted octanol–water partition coefficient (Wildman–Crippen LogP) is 3.28. The SMILES string of the molecule is CC(C)(C)OC(=O)c1ccc(C(=O)CBr)s1. The summed E-state index contributed by atoms with van der Waals surface area (Å²) in [5.74, 6) is -0.411. The van der Waals surface area contributed by atoms with Gasteiger partial charge in [-0.3, -0.25) is 4.79 Å². The second kappa shape index (κ2) is 5.10. The minimum Gasteiger partial charge on any atom is -0.456 e. The molecule has 0 radical (unpaired) electrons. The van der Waals surface area contributed by atoms with E-state index in [9.17, 15) is 9.59 Å². The standard InChI is InChI=1S/C11H13BrO3S/c1-11(2,3)15-10(14)9-5-4-8(16-9)7(13)6-12/h4-5H,6H2,1-3H3. The number of alkyl halides is 1. The molecule has 3 nitrogen and oxygen atoms in total. The van der Waals surface area contributed by atoms with Gasteiger partial charge in [-0.15, -0.1) is 11.3 Å². The first-order valence-electron chi connectivity index (χ1n) is 4.76. The highest BCUT2D eigenvalue weighted by molar-refractivity contribution is 9.09. The molecule has 0 aliphatic heterocycles. The van der Waals surface area contributed by atoms with E-state index in [4.69, 9.17) is 4.74 Å². The lowest BCUT2D eigenvalue weighted by atomic mass is 10.2. The minimum atomic E-state index is -0.513. The van der Waals surface area contributed by atoms with E-state index in [1.54, 1.807) is 12.1 Å². The van der Waals surface area contributed by atoms with Crippen molar-refractivity contribution in [3.05, 3.63) is 21.9 Å². The van der Waals surface area contributed by atoms with Crippen LogP contribution >= 0.6 is 27.3 Å². The first-order chi connectivity index (χ1) is 7.33. The Morgan fingerprint density at radius 3 is 2.38 bits per heavy atom. The number of thiophene rings is 1. The molecule has 0 saturated carbocycles. The molecule has 0 spiro atoms. The molecule has 0 aliphatic rings. The maximum Gasteiger partial charge on any atom is 0.348 e. The highest BCUT2D eigenvalue weighted by Crippen LogP contribution is 2.21. The van der Waals surface area contributed by atoms with Gasteiger partial charge in [0.2, 0.25) is 0 Å². The molecule has 1 heterocycles. The number of halogens is 1. The molecule has 0 atom stereocenters. The quantitative estimate of drug-likeness (QED) is 0.489. The Balaban J connectivity index is 2.78. The molecule has 0 bridgehead atoms. The maximum absolute atomic E-state index is 11.6. The Morgan fingerprint density at radius 2 is 1.88 bits per heavy atom. The van der Waals surface area contributed by atoms with Gasteiger partial charge in [0.25, 0.3) is 0 Å². The topological polar surface area (TPSA) is 43.4 Å². The van der Waals surface area contributed by atoms with Gasteiger partial charge in [-0.25, -0.2) is 4.79 Å². The van der Waals surface area contributed by atoms with Gasteiger partial charge >= 0.3 is 5.97 Å². The fourth-order valence-electron chi connectivity index (χ4n) is 0.992. The van der Waals surface area contributed by atoms with Crippen LogP contribution in [0.1, 0.15) is 40.1 Å². The third-order valence-electron chi connectivity index (χ3n) is 1.60. The van der Waals surface area contributed by atoms with Gasteiger partial charge in [0.15, 0.2) is 5.78 Å². The molecule has 16 heavy (non-hydrogen) atoms. The Labute approximate surface area is 107 Å². The summed E-state index contributed by atoms with van der Waals surface area (Å²) in [6.45, 7) is 5.43. The van der Waals surface area contributed by atoms with Crippen molar-refractivity contribution in [2.75, 3.05) is 5.33 Å². The second-order valence-electron chi connectivity index (χ2n) is 4.22. The molecule has 0 fully saturated rings. The van der Waals surface area contributed by atoms with E-state index in [0.717, 1.165) is 11.3 Å². The average Bonchev–Trinajstić information content (AvgIpc) is 2.62. The zero-order valence-corrected chi connectivity index (χ0v) is 11.8. The molecule has 0 N–H and O–H groups in total. The van der Waals surface area contributed by atoms with Crippen LogP contribution in [0.3, 0.4) is 0 Å². The lowest BCUT2D eigenvalue weighted by Gasteiger charge is -2.18. The normalized spacial score (nSPS) is 11.2. The molecule has 1 aromatic rings. The summed E-state index contributed by atoms with van der Waals surface area (Å²) in [4.78, 5) is 24.0. The first-order valence-corrected chi connectivity index (χ1v) is 6.69. The van der Waals surface area contributed by atoms with Crippen LogP contribution in [0.15, 0.2) is 12.1 Å². The van der Waals surface area contributed by atoms with E-state index < -0.39 is 5.60 Å². The molecule has 88 valence electrons. The maximum atomic E-state index is 11.6. The Kier molecular flexibility index (Phi) is 4.27. The lowest BCUT2D eigenvalue weighted by molar-refractivity contribution is 0.00752. The van der Waals surface area contributed by atoms with Gasteiger partial charge in [-0.05, 0) is 32.9 Å². The molecule has 5 heteroatoms. The van der Waals surface area contributed by atoms with E-state index in [2.05, 4.69) is 15.9 Å². The number of carbonyl (C=O) groups is 2. The van der Waals surface area contributed by atoms with E-state index in [0.29, 0.717) is 9.75 Å². The van der Waals surface area contributed by atoms with Crippen molar-refractivity contribution in [2.24, 2.45) is 0 Å². The third-order valence-corrected chi connectivity index (χ3v) is 3.22. The summed E-state index contributed by atoms with van der Waals surface area (Å²) in [6, 6.07) is 3.27. The van der Waals surface area contributed by atoms with E-state index in [1.807, 2.05) is 20.8 Å². The van der Waals surface area contributed by atoms with Crippen LogP contribution in [0.25, 0.3) is 0 Å². The van der Waals surface area contributed by atoms with Crippen molar-refractivity contribution in [3.63, 3.8) is 0 Å². The Bertz CT molecular complexity index is 404. The number of esters is 1. The van der Waals surface area contributed by atoms with Gasteiger partial charge in [0.05, 0.1) is 10.2 Å². The van der Waals surface area contributed by atoms with E-state index >= 15 is 0 Å². The Hall–Kier alpha value is -0.680. The molecule has 1 rings (SSSR count). The number of Topliss-reactive ketones (excluding diaryl/α,β-unsaturated/α-hetero) is 1. The van der Waals surface area contributed by atoms with E-state index in [-0.39, 0.29) is 17.1 Å². The van der Waals surface area contributed by atoms with Crippen molar-refractivity contribution >= 4 is 39.0 Å². The van der Waals surface area contributed by atoms with Crippen LogP contribution in [0.5, 0.6) is 0 Å². The highest BCUT2D eigenvalue weighted by Gasteiger charge is 2.20. The van der Waals surface area contributed by atoms with Gasteiger partial charge < -0.3 is 4.74 Å². The van der Waals surface area contributed by atoms with E-state index in [1.165, 1.54) is 0 Å². The fraction of sp³-hybridized carbons (Fsp3) is 0.455. The third kappa shape index (κ3) is 3.72. The average molecular weight is 305 g/mol. The summed E-state index contributed by atoms with van der Waals surface area (Å²) >= 11 is 4.25. The molecule has 0 aliphatic carbocycles. The van der Waals surface area contributed by atoms with Gasteiger partial charge in [0, 0.05) is 0 Å². The lowest BCUT2D eigenvalue weighted by Crippen LogP contribution is -2.23.